The zero-order valence-corrected chi connectivity index (χ0v) is 15.9. The van der Waals surface area contributed by atoms with Gasteiger partial charge in [-0.2, -0.15) is 0 Å². The van der Waals surface area contributed by atoms with E-state index < -0.39 is 5.97 Å². The molecule has 2 N–H and O–H groups in total. The zero-order valence-electron chi connectivity index (χ0n) is 15.9. The molecule has 1 heterocycles. The van der Waals surface area contributed by atoms with Gasteiger partial charge in [0.25, 0.3) is 0 Å². The lowest BCUT2D eigenvalue weighted by atomic mass is 9.94. The number of piperazine rings is 1. The third-order valence-corrected chi connectivity index (χ3v) is 5.55. The van der Waals surface area contributed by atoms with Crippen molar-refractivity contribution in [3.8, 4) is 0 Å². The van der Waals surface area contributed by atoms with Crippen molar-refractivity contribution in [2.45, 2.75) is 38.1 Å². The molecule has 0 aromatic heterocycles. The third kappa shape index (κ3) is 4.99. The van der Waals surface area contributed by atoms with Crippen LogP contribution in [0.3, 0.4) is 0 Å². The Kier molecular flexibility index (Phi) is 6.68. The van der Waals surface area contributed by atoms with E-state index in [4.69, 9.17) is 4.74 Å². The van der Waals surface area contributed by atoms with Crippen molar-refractivity contribution in [3.63, 3.8) is 0 Å². The van der Waals surface area contributed by atoms with Crippen molar-refractivity contribution < 1.29 is 19.4 Å². The van der Waals surface area contributed by atoms with Crippen LogP contribution in [0, 0.1) is 0 Å². The van der Waals surface area contributed by atoms with Crippen LogP contribution < -0.4 is 10.2 Å². The van der Waals surface area contributed by atoms with E-state index in [2.05, 4.69) is 15.1 Å². The summed E-state index contributed by atoms with van der Waals surface area (Å²) in [4.78, 5) is 28.2. The zero-order chi connectivity index (χ0) is 19.2. The molecule has 0 unspecified atom stereocenters. The summed E-state index contributed by atoms with van der Waals surface area (Å²) >= 11 is 0. The number of carbonyl (C=O) groups is 2. The number of rotatable bonds is 6. The first-order valence-corrected chi connectivity index (χ1v) is 9.73. The number of nitrogens with zero attached hydrogens (tertiary/aromatic N) is 2. The molecule has 1 amide bonds. The van der Waals surface area contributed by atoms with Gasteiger partial charge in [-0.1, -0.05) is 19.3 Å². The molecular weight excluding hydrogens is 346 g/mol. The molecule has 1 aliphatic heterocycles. The maximum absolute atomic E-state index is 11.7. The van der Waals surface area contributed by atoms with E-state index >= 15 is 0 Å². The predicted molar refractivity (Wildman–Crippen MR) is 105 cm³/mol. The number of aromatic carboxylic acids is 1. The first-order valence-electron chi connectivity index (χ1n) is 9.73. The Morgan fingerprint density at radius 1 is 1.15 bits per heavy atom. The average Bonchev–Trinajstić information content (AvgIpc) is 2.69. The monoisotopic (exact) mass is 375 g/mol. The van der Waals surface area contributed by atoms with Gasteiger partial charge in [0.2, 0.25) is 5.91 Å². The molecule has 0 atom stereocenters. The minimum Gasteiger partial charge on any atom is -0.478 e. The van der Waals surface area contributed by atoms with Gasteiger partial charge < -0.3 is 20.1 Å². The Morgan fingerprint density at radius 3 is 2.48 bits per heavy atom. The molecule has 1 saturated carbocycles. The lowest BCUT2D eigenvalue weighted by Gasteiger charge is -2.41. The quantitative estimate of drug-likeness (QED) is 0.795. The average molecular weight is 375 g/mol. The molecule has 1 saturated heterocycles. The molecule has 0 spiro atoms. The van der Waals surface area contributed by atoms with E-state index in [1.54, 1.807) is 12.1 Å². The number of carboxylic acid groups (broad SMARTS) is 1. The molecule has 1 aliphatic carbocycles. The summed E-state index contributed by atoms with van der Waals surface area (Å²) in [6.07, 6.45) is 6.64. The summed E-state index contributed by atoms with van der Waals surface area (Å²) < 4.78 is 4.78. The van der Waals surface area contributed by atoms with Gasteiger partial charge in [0.05, 0.1) is 11.3 Å². The molecule has 27 heavy (non-hydrogen) atoms. The topological polar surface area (TPSA) is 82.1 Å². The number of carboxylic acids is 1. The highest BCUT2D eigenvalue weighted by molar-refractivity contribution is 6.01. The van der Waals surface area contributed by atoms with E-state index in [9.17, 15) is 14.7 Å². The standard InChI is InChI=1S/C20H29N3O4/c1-27-14-19(24)21-18-8-7-16(13-17(18)20(25)26)23-11-9-22(10-12-23)15-5-3-2-4-6-15/h7-8,13,15H,2-6,9-12,14H2,1H3,(H,21,24)(H,25,26). The summed E-state index contributed by atoms with van der Waals surface area (Å²) in [6.45, 7) is 3.71. The molecular formula is C20H29N3O4. The van der Waals surface area contributed by atoms with Gasteiger partial charge in [0.15, 0.2) is 0 Å². The fourth-order valence-corrected chi connectivity index (χ4v) is 4.12. The number of methoxy groups -OCH3 is 1. The fraction of sp³-hybridized carbons (Fsp3) is 0.600. The highest BCUT2D eigenvalue weighted by Gasteiger charge is 2.26. The number of anilines is 2. The summed E-state index contributed by atoms with van der Waals surface area (Å²) in [6, 6.07) is 5.92. The summed E-state index contributed by atoms with van der Waals surface area (Å²) in [5.74, 6) is -1.42. The summed E-state index contributed by atoms with van der Waals surface area (Å²) in [5, 5.41) is 12.1. The number of nitrogens with one attached hydrogen (secondary N) is 1. The number of benzene rings is 1. The van der Waals surface area contributed by atoms with Crippen LogP contribution >= 0.6 is 0 Å². The molecule has 1 aromatic rings. The first kappa shape index (κ1) is 19.6. The molecule has 148 valence electrons. The minimum absolute atomic E-state index is 0.103. The molecule has 7 heteroatoms. The number of ether oxygens (including phenoxy) is 1. The van der Waals surface area contributed by atoms with Crippen LogP contribution in [0.2, 0.25) is 0 Å². The Morgan fingerprint density at radius 2 is 1.85 bits per heavy atom. The van der Waals surface area contributed by atoms with Crippen LogP contribution in [0.4, 0.5) is 11.4 Å². The molecule has 2 fully saturated rings. The van der Waals surface area contributed by atoms with E-state index in [0.29, 0.717) is 11.7 Å². The van der Waals surface area contributed by atoms with Gasteiger partial charge in [0, 0.05) is 45.0 Å². The lowest BCUT2D eigenvalue weighted by Crippen LogP contribution is -2.50. The van der Waals surface area contributed by atoms with Crippen molar-refractivity contribution in [2.24, 2.45) is 0 Å². The van der Waals surface area contributed by atoms with Crippen molar-refractivity contribution in [1.29, 1.82) is 0 Å². The summed E-state index contributed by atoms with van der Waals surface area (Å²) in [5.41, 5.74) is 1.29. The van der Waals surface area contributed by atoms with Crippen LogP contribution in [-0.4, -0.2) is 67.8 Å². The van der Waals surface area contributed by atoms with Crippen LogP contribution in [0.15, 0.2) is 18.2 Å². The van der Waals surface area contributed by atoms with Crippen LogP contribution in [-0.2, 0) is 9.53 Å². The fourth-order valence-electron chi connectivity index (χ4n) is 4.12. The van der Waals surface area contributed by atoms with Crippen LogP contribution in [0.25, 0.3) is 0 Å². The molecule has 0 radical (unpaired) electrons. The number of hydrogen-bond donors (Lipinski definition) is 2. The van der Waals surface area contributed by atoms with E-state index in [-0.39, 0.29) is 18.1 Å². The second kappa shape index (κ2) is 9.19. The van der Waals surface area contributed by atoms with Gasteiger partial charge in [-0.3, -0.25) is 9.69 Å². The van der Waals surface area contributed by atoms with Gasteiger partial charge in [-0.05, 0) is 31.0 Å². The number of carbonyl (C=O) groups excluding carboxylic acids is 1. The Bertz CT molecular complexity index is 665. The van der Waals surface area contributed by atoms with Crippen LogP contribution in [0.5, 0.6) is 0 Å². The van der Waals surface area contributed by atoms with Crippen LogP contribution in [0.1, 0.15) is 42.5 Å². The normalized spacial score (nSPS) is 19.1. The Hall–Kier alpha value is -2.12. The highest BCUT2D eigenvalue weighted by atomic mass is 16.5. The highest BCUT2D eigenvalue weighted by Crippen LogP contribution is 2.27. The summed E-state index contributed by atoms with van der Waals surface area (Å²) in [7, 11) is 1.42. The lowest BCUT2D eigenvalue weighted by molar-refractivity contribution is -0.119. The van der Waals surface area contributed by atoms with E-state index in [0.717, 1.165) is 31.9 Å². The second-order valence-electron chi connectivity index (χ2n) is 7.33. The molecule has 2 aliphatic rings. The van der Waals surface area contributed by atoms with Gasteiger partial charge >= 0.3 is 5.97 Å². The predicted octanol–water partition coefficient (Wildman–Crippen LogP) is 2.42. The smallest absolute Gasteiger partial charge is 0.337 e. The Balaban J connectivity index is 1.65. The van der Waals surface area contributed by atoms with Gasteiger partial charge in [-0.25, -0.2) is 4.79 Å². The maximum Gasteiger partial charge on any atom is 0.337 e. The number of amides is 1. The Labute approximate surface area is 160 Å². The SMILES string of the molecule is COCC(=O)Nc1ccc(N2CCN(C3CCCCC3)CC2)cc1C(=O)O. The molecule has 1 aromatic carbocycles. The first-order chi connectivity index (χ1) is 13.1. The minimum atomic E-state index is -1.05. The maximum atomic E-state index is 11.7. The largest absolute Gasteiger partial charge is 0.478 e. The molecule has 3 rings (SSSR count). The number of hydrogen-bond acceptors (Lipinski definition) is 5. The second-order valence-corrected chi connectivity index (χ2v) is 7.33. The van der Waals surface area contributed by atoms with Crippen molar-refractivity contribution in [2.75, 3.05) is 50.1 Å². The van der Waals surface area contributed by atoms with Crippen molar-refractivity contribution in [3.05, 3.63) is 23.8 Å². The molecule has 0 bridgehead atoms. The van der Waals surface area contributed by atoms with E-state index in [1.807, 2.05) is 6.07 Å². The molecule has 7 nitrogen and oxygen atoms in total. The van der Waals surface area contributed by atoms with Gasteiger partial charge in [0.1, 0.15) is 6.61 Å². The van der Waals surface area contributed by atoms with Gasteiger partial charge in [-0.15, -0.1) is 0 Å². The van der Waals surface area contributed by atoms with Crippen molar-refractivity contribution in [1.82, 2.24) is 4.90 Å². The van der Waals surface area contributed by atoms with E-state index in [1.165, 1.54) is 39.2 Å². The van der Waals surface area contributed by atoms with Crippen molar-refractivity contribution >= 4 is 23.3 Å². The third-order valence-electron chi connectivity index (χ3n) is 5.55.